The number of alkyl carbamates (subject to hydrolysis) is 1. The van der Waals surface area contributed by atoms with Gasteiger partial charge in [-0.25, -0.2) is 13.2 Å². The average molecular weight is 411 g/mol. The SMILES string of the molecule is CC(C)[C@H](NC(=O)OCc1ccccc1)C(=O)NNC(=O)[C@H]1CCS(=O)(=O)C1. The maximum absolute atomic E-state index is 12.3. The average Bonchev–Trinajstić information content (AvgIpc) is 3.02. The van der Waals surface area contributed by atoms with E-state index in [1.54, 1.807) is 26.0 Å². The Morgan fingerprint density at radius 1 is 1.14 bits per heavy atom. The van der Waals surface area contributed by atoms with Gasteiger partial charge in [0.1, 0.15) is 12.6 Å². The Bertz CT molecular complexity index is 810. The molecule has 28 heavy (non-hydrogen) atoms. The van der Waals surface area contributed by atoms with Crippen molar-refractivity contribution in [1.29, 1.82) is 0 Å². The molecule has 0 aromatic heterocycles. The van der Waals surface area contributed by atoms with Gasteiger partial charge in [0.25, 0.3) is 5.91 Å². The van der Waals surface area contributed by atoms with E-state index in [0.29, 0.717) is 0 Å². The number of hydrogen-bond donors (Lipinski definition) is 3. The molecule has 10 heteroatoms. The van der Waals surface area contributed by atoms with Crippen LogP contribution in [0.3, 0.4) is 0 Å². The summed E-state index contributed by atoms with van der Waals surface area (Å²) in [7, 11) is -3.20. The summed E-state index contributed by atoms with van der Waals surface area (Å²) < 4.78 is 28.0. The van der Waals surface area contributed by atoms with Crippen LogP contribution in [-0.2, 0) is 30.8 Å². The van der Waals surface area contributed by atoms with Gasteiger partial charge in [0.2, 0.25) is 5.91 Å². The van der Waals surface area contributed by atoms with Crippen LogP contribution >= 0.6 is 0 Å². The molecular weight excluding hydrogens is 386 g/mol. The topological polar surface area (TPSA) is 131 Å². The van der Waals surface area contributed by atoms with Gasteiger partial charge in [0, 0.05) is 0 Å². The van der Waals surface area contributed by atoms with E-state index >= 15 is 0 Å². The first kappa shape index (κ1) is 21.7. The van der Waals surface area contributed by atoms with Gasteiger partial charge < -0.3 is 10.1 Å². The van der Waals surface area contributed by atoms with Crippen molar-refractivity contribution in [2.75, 3.05) is 11.5 Å². The van der Waals surface area contributed by atoms with Crippen molar-refractivity contribution in [3.05, 3.63) is 35.9 Å². The molecule has 0 unspecified atom stereocenters. The third kappa shape index (κ3) is 6.52. The predicted molar refractivity (Wildman–Crippen MR) is 101 cm³/mol. The maximum Gasteiger partial charge on any atom is 0.408 e. The van der Waals surface area contributed by atoms with Crippen molar-refractivity contribution in [2.24, 2.45) is 11.8 Å². The number of amides is 3. The molecule has 1 saturated heterocycles. The minimum absolute atomic E-state index is 0.0392. The highest BCUT2D eigenvalue weighted by molar-refractivity contribution is 7.91. The third-order valence-corrected chi connectivity index (χ3v) is 6.12. The van der Waals surface area contributed by atoms with E-state index in [2.05, 4.69) is 16.2 Å². The van der Waals surface area contributed by atoms with Crippen LogP contribution < -0.4 is 16.2 Å². The number of carbonyl (C=O) groups excluding carboxylic acids is 3. The second kappa shape index (κ2) is 9.54. The first-order valence-electron chi connectivity index (χ1n) is 8.95. The van der Waals surface area contributed by atoms with Crippen LogP contribution in [0.25, 0.3) is 0 Å². The van der Waals surface area contributed by atoms with E-state index in [1.807, 2.05) is 18.2 Å². The largest absolute Gasteiger partial charge is 0.445 e. The van der Waals surface area contributed by atoms with Gasteiger partial charge in [-0.05, 0) is 17.9 Å². The monoisotopic (exact) mass is 411 g/mol. The standard InChI is InChI=1S/C18H25N3O6S/c1-12(2)15(19-18(24)27-10-13-6-4-3-5-7-13)17(23)21-20-16(22)14-8-9-28(25,26)11-14/h3-7,12,14-15H,8-11H2,1-2H3,(H,19,24)(H,20,22)(H,21,23)/t14-,15-/m0/s1. The fourth-order valence-electron chi connectivity index (χ4n) is 2.73. The van der Waals surface area contributed by atoms with E-state index < -0.39 is 39.7 Å². The predicted octanol–water partition coefficient (Wildman–Crippen LogP) is 0.520. The van der Waals surface area contributed by atoms with E-state index in [9.17, 15) is 22.8 Å². The first-order chi connectivity index (χ1) is 13.2. The quantitative estimate of drug-likeness (QED) is 0.585. The van der Waals surface area contributed by atoms with Crippen LogP contribution in [0.5, 0.6) is 0 Å². The summed E-state index contributed by atoms with van der Waals surface area (Å²) >= 11 is 0. The van der Waals surface area contributed by atoms with E-state index in [1.165, 1.54) is 0 Å². The Labute approximate surface area is 164 Å². The molecule has 1 heterocycles. The number of nitrogens with one attached hydrogen (secondary N) is 3. The van der Waals surface area contributed by atoms with E-state index in [-0.39, 0.29) is 30.5 Å². The van der Waals surface area contributed by atoms with Crippen LogP contribution in [-0.4, -0.2) is 43.9 Å². The van der Waals surface area contributed by atoms with Crippen molar-refractivity contribution in [3.63, 3.8) is 0 Å². The summed E-state index contributed by atoms with van der Waals surface area (Å²) in [6.07, 6.45) is -0.534. The molecule has 1 aromatic carbocycles. The lowest BCUT2D eigenvalue weighted by Crippen LogP contribution is -2.55. The zero-order valence-corrected chi connectivity index (χ0v) is 16.6. The molecule has 1 aliphatic heterocycles. The summed E-state index contributed by atoms with van der Waals surface area (Å²) in [5, 5.41) is 2.47. The van der Waals surface area contributed by atoms with Gasteiger partial charge in [0.15, 0.2) is 9.84 Å². The first-order valence-corrected chi connectivity index (χ1v) is 10.8. The van der Waals surface area contributed by atoms with Crippen molar-refractivity contribution in [3.8, 4) is 0 Å². The molecule has 1 aromatic rings. The van der Waals surface area contributed by atoms with Gasteiger partial charge in [-0.2, -0.15) is 0 Å². The molecule has 2 rings (SSSR count). The smallest absolute Gasteiger partial charge is 0.408 e. The number of sulfone groups is 1. The van der Waals surface area contributed by atoms with Crippen molar-refractivity contribution < 1.29 is 27.5 Å². The van der Waals surface area contributed by atoms with Crippen LogP contribution in [0.4, 0.5) is 4.79 Å². The molecule has 0 radical (unpaired) electrons. The Kier molecular flexibility index (Phi) is 7.38. The summed E-state index contributed by atoms with van der Waals surface area (Å²) in [4.78, 5) is 36.3. The molecule has 3 amide bonds. The summed E-state index contributed by atoms with van der Waals surface area (Å²) in [5.74, 6) is -2.42. The second-order valence-corrected chi connectivity index (χ2v) is 9.23. The summed E-state index contributed by atoms with van der Waals surface area (Å²) in [5.41, 5.74) is 5.28. The van der Waals surface area contributed by atoms with E-state index in [0.717, 1.165) is 5.56 Å². The fourth-order valence-corrected chi connectivity index (χ4v) is 4.47. The number of ether oxygens (including phenoxy) is 1. The number of hydrogen-bond acceptors (Lipinski definition) is 6. The Balaban J connectivity index is 1.82. The lowest BCUT2D eigenvalue weighted by Gasteiger charge is -2.22. The van der Waals surface area contributed by atoms with Crippen LogP contribution in [0.2, 0.25) is 0 Å². The van der Waals surface area contributed by atoms with Gasteiger partial charge >= 0.3 is 6.09 Å². The summed E-state index contributed by atoms with van der Waals surface area (Å²) in [6.45, 7) is 3.52. The van der Waals surface area contributed by atoms with Gasteiger partial charge in [-0.1, -0.05) is 44.2 Å². The van der Waals surface area contributed by atoms with Gasteiger partial charge in [-0.15, -0.1) is 0 Å². The highest BCUT2D eigenvalue weighted by Gasteiger charge is 2.33. The molecule has 9 nitrogen and oxygen atoms in total. The maximum atomic E-state index is 12.3. The molecule has 154 valence electrons. The molecule has 0 aliphatic carbocycles. The minimum atomic E-state index is -3.20. The zero-order valence-electron chi connectivity index (χ0n) is 15.8. The lowest BCUT2D eigenvalue weighted by atomic mass is 10.0. The number of hydrazine groups is 1. The van der Waals surface area contributed by atoms with Crippen molar-refractivity contribution in [2.45, 2.75) is 32.9 Å². The lowest BCUT2D eigenvalue weighted by molar-refractivity contribution is -0.132. The second-order valence-electron chi connectivity index (χ2n) is 7.01. The molecule has 2 atom stereocenters. The molecule has 1 aliphatic rings. The molecule has 0 spiro atoms. The summed E-state index contributed by atoms with van der Waals surface area (Å²) in [6, 6.07) is 8.16. The van der Waals surface area contributed by atoms with Crippen LogP contribution in [0.1, 0.15) is 25.8 Å². The molecule has 0 bridgehead atoms. The van der Waals surface area contributed by atoms with Crippen molar-refractivity contribution in [1.82, 2.24) is 16.2 Å². The fraction of sp³-hybridized carbons (Fsp3) is 0.500. The number of carbonyl (C=O) groups is 3. The minimum Gasteiger partial charge on any atom is -0.445 e. The van der Waals surface area contributed by atoms with Crippen LogP contribution in [0.15, 0.2) is 30.3 Å². The van der Waals surface area contributed by atoms with Crippen LogP contribution in [0, 0.1) is 11.8 Å². The van der Waals surface area contributed by atoms with Gasteiger partial charge in [0.05, 0.1) is 17.4 Å². The molecule has 1 fully saturated rings. The molecule has 3 N–H and O–H groups in total. The van der Waals surface area contributed by atoms with Gasteiger partial charge in [-0.3, -0.25) is 20.4 Å². The highest BCUT2D eigenvalue weighted by atomic mass is 32.2. The third-order valence-electron chi connectivity index (χ3n) is 4.35. The Hall–Kier alpha value is -2.62. The molecular formula is C18H25N3O6S. The van der Waals surface area contributed by atoms with Crippen molar-refractivity contribution >= 4 is 27.7 Å². The Morgan fingerprint density at radius 3 is 2.39 bits per heavy atom. The molecule has 0 saturated carbocycles. The normalized spacial score (nSPS) is 18.9. The number of rotatable bonds is 6. The van der Waals surface area contributed by atoms with E-state index in [4.69, 9.17) is 4.74 Å². The zero-order chi connectivity index (χ0) is 20.7. The number of benzene rings is 1. The Morgan fingerprint density at radius 2 is 1.82 bits per heavy atom. The highest BCUT2D eigenvalue weighted by Crippen LogP contribution is 2.18.